The highest BCUT2D eigenvalue weighted by molar-refractivity contribution is 6.12. The van der Waals surface area contributed by atoms with Gasteiger partial charge in [-0.2, -0.15) is 0 Å². The predicted molar refractivity (Wildman–Crippen MR) is 229 cm³/mol. The molecule has 0 aliphatic rings. The van der Waals surface area contributed by atoms with Crippen LogP contribution >= 0.6 is 0 Å². The normalized spacial score (nSPS) is 11.3. The van der Waals surface area contributed by atoms with Crippen molar-refractivity contribution in [3.05, 3.63) is 218 Å². The Morgan fingerprint density at radius 2 is 0.833 bits per heavy atom. The zero-order valence-corrected chi connectivity index (χ0v) is 29.7. The van der Waals surface area contributed by atoms with Gasteiger partial charge in [-0.3, -0.25) is 0 Å². The second kappa shape index (κ2) is 13.4. The SMILES string of the molecule is c1ccc(-c2ccc(N(c3ccccc3)c3cccc4c(-c5ccc6c(c5)c5ccccc5n6-c5cccc(-c6ccccc6)c5)cccc34)cc2)cc1. The molecule has 0 aliphatic heterocycles. The van der Waals surface area contributed by atoms with Crippen molar-refractivity contribution in [1.29, 1.82) is 0 Å². The van der Waals surface area contributed by atoms with Gasteiger partial charge < -0.3 is 9.47 Å². The van der Waals surface area contributed by atoms with Gasteiger partial charge in [0.05, 0.1) is 16.7 Å². The molecular formula is C52H36N2. The molecule has 0 saturated heterocycles. The van der Waals surface area contributed by atoms with Crippen LogP contribution in [0.1, 0.15) is 0 Å². The molecule has 0 bridgehead atoms. The molecule has 0 saturated carbocycles. The summed E-state index contributed by atoms with van der Waals surface area (Å²) in [4.78, 5) is 2.38. The first-order valence-corrected chi connectivity index (χ1v) is 18.5. The Morgan fingerprint density at radius 1 is 0.296 bits per heavy atom. The number of para-hydroxylation sites is 2. The van der Waals surface area contributed by atoms with Crippen molar-refractivity contribution in [1.82, 2.24) is 4.57 Å². The Labute approximate surface area is 315 Å². The monoisotopic (exact) mass is 688 g/mol. The van der Waals surface area contributed by atoms with Crippen LogP contribution in [-0.4, -0.2) is 4.57 Å². The molecule has 10 aromatic rings. The zero-order chi connectivity index (χ0) is 35.8. The number of benzene rings is 9. The number of fused-ring (bicyclic) bond motifs is 4. The Morgan fingerprint density at radius 3 is 1.61 bits per heavy atom. The summed E-state index contributed by atoms with van der Waals surface area (Å²) in [6.07, 6.45) is 0. The second-order valence-corrected chi connectivity index (χ2v) is 13.8. The largest absolute Gasteiger partial charge is 0.310 e. The molecule has 10 rings (SSSR count). The van der Waals surface area contributed by atoms with Crippen LogP contribution in [0.3, 0.4) is 0 Å². The maximum Gasteiger partial charge on any atom is 0.0541 e. The van der Waals surface area contributed by atoms with E-state index in [0.717, 1.165) is 22.7 Å². The van der Waals surface area contributed by atoms with Gasteiger partial charge in [-0.05, 0) is 99.4 Å². The van der Waals surface area contributed by atoms with Gasteiger partial charge in [0.1, 0.15) is 0 Å². The van der Waals surface area contributed by atoms with Gasteiger partial charge in [-0.15, -0.1) is 0 Å². The molecule has 0 unspecified atom stereocenters. The first kappa shape index (κ1) is 31.6. The Bertz CT molecular complexity index is 2910. The Kier molecular flexibility index (Phi) is 7.85. The van der Waals surface area contributed by atoms with Crippen LogP contribution in [0.5, 0.6) is 0 Å². The highest BCUT2D eigenvalue weighted by atomic mass is 15.1. The minimum Gasteiger partial charge on any atom is -0.310 e. The fourth-order valence-electron chi connectivity index (χ4n) is 8.05. The lowest BCUT2D eigenvalue weighted by atomic mass is 9.95. The molecule has 1 heterocycles. The molecule has 254 valence electrons. The lowest BCUT2D eigenvalue weighted by molar-refractivity contribution is 1.18. The van der Waals surface area contributed by atoms with E-state index < -0.39 is 0 Å². The first-order chi connectivity index (χ1) is 26.8. The average Bonchev–Trinajstić information content (AvgIpc) is 3.59. The molecular weight excluding hydrogens is 653 g/mol. The summed E-state index contributed by atoms with van der Waals surface area (Å²) >= 11 is 0. The Balaban J connectivity index is 1.11. The molecule has 2 heteroatoms. The van der Waals surface area contributed by atoms with Crippen LogP contribution in [0.15, 0.2) is 218 Å². The van der Waals surface area contributed by atoms with E-state index in [-0.39, 0.29) is 0 Å². The fraction of sp³-hybridized carbons (Fsp3) is 0. The summed E-state index contributed by atoms with van der Waals surface area (Å²) in [6, 6.07) is 78.8. The molecule has 9 aromatic carbocycles. The summed E-state index contributed by atoms with van der Waals surface area (Å²) < 4.78 is 2.41. The van der Waals surface area contributed by atoms with Crippen molar-refractivity contribution in [3.8, 4) is 39.1 Å². The van der Waals surface area contributed by atoms with E-state index in [1.54, 1.807) is 0 Å². The van der Waals surface area contributed by atoms with Gasteiger partial charge in [0.2, 0.25) is 0 Å². The third-order valence-corrected chi connectivity index (χ3v) is 10.6. The van der Waals surface area contributed by atoms with Crippen LogP contribution in [0.25, 0.3) is 71.6 Å². The smallest absolute Gasteiger partial charge is 0.0541 e. The van der Waals surface area contributed by atoms with Crippen molar-refractivity contribution in [2.75, 3.05) is 4.90 Å². The lowest BCUT2D eigenvalue weighted by Crippen LogP contribution is -2.10. The standard InChI is InChI=1S/C52H36N2/c1-4-15-37(16-5-1)39-29-32-43(33-30-39)53(42-20-8-3-9-21-42)50-28-14-25-46-45(24-13-26-47(46)50)41-31-34-52-49(36-41)48-23-10-11-27-51(48)54(52)44-22-12-19-40(35-44)38-17-6-2-7-18-38/h1-36H. The summed E-state index contributed by atoms with van der Waals surface area (Å²) in [6.45, 7) is 0. The molecule has 0 aliphatic carbocycles. The summed E-state index contributed by atoms with van der Waals surface area (Å²) in [5, 5.41) is 4.90. The Hall–Kier alpha value is -7.16. The number of hydrogen-bond acceptors (Lipinski definition) is 1. The van der Waals surface area contributed by atoms with Gasteiger partial charge in [-0.25, -0.2) is 0 Å². The topological polar surface area (TPSA) is 8.17 Å². The summed E-state index contributed by atoms with van der Waals surface area (Å²) in [5.74, 6) is 0. The molecule has 0 N–H and O–H groups in total. The van der Waals surface area contributed by atoms with Crippen LogP contribution < -0.4 is 4.90 Å². The molecule has 0 spiro atoms. The molecule has 1 aromatic heterocycles. The van der Waals surface area contributed by atoms with Crippen LogP contribution in [0.4, 0.5) is 17.1 Å². The third-order valence-electron chi connectivity index (χ3n) is 10.6. The molecule has 0 fully saturated rings. The van der Waals surface area contributed by atoms with Crippen LogP contribution in [0.2, 0.25) is 0 Å². The fourth-order valence-corrected chi connectivity index (χ4v) is 8.05. The number of hydrogen-bond donors (Lipinski definition) is 0. The van der Waals surface area contributed by atoms with Crippen molar-refractivity contribution >= 4 is 49.6 Å². The molecule has 0 amide bonds. The molecule has 2 nitrogen and oxygen atoms in total. The van der Waals surface area contributed by atoms with Crippen LogP contribution in [0, 0.1) is 0 Å². The predicted octanol–water partition coefficient (Wildman–Crippen LogP) is 14.4. The third kappa shape index (κ3) is 5.53. The number of anilines is 3. The van der Waals surface area contributed by atoms with E-state index in [9.17, 15) is 0 Å². The first-order valence-electron chi connectivity index (χ1n) is 18.5. The second-order valence-electron chi connectivity index (χ2n) is 13.8. The zero-order valence-electron chi connectivity index (χ0n) is 29.7. The van der Waals surface area contributed by atoms with Crippen molar-refractivity contribution in [3.63, 3.8) is 0 Å². The van der Waals surface area contributed by atoms with Crippen LogP contribution in [-0.2, 0) is 0 Å². The number of nitrogens with zero attached hydrogens (tertiary/aromatic N) is 2. The summed E-state index contributed by atoms with van der Waals surface area (Å²) in [5.41, 5.74) is 14.2. The van der Waals surface area contributed by atoms with E-state index in [0.29, 0.717) is 0 Å². The number of aromatic nitrogens is 1. The van der Waals surface area contributed by atoms with E-state index >= 15 is 0 Å². The minimum atomic E-state index is 1.12. The molecule has 0 radical (unpaired) electrons. The van der Waals surface area contributed by atoms with E-state index in [2.05, 4.69) is 228 Å². The summed E-state index contributed by atoms with van der Waals surface area (Å²) in [7, 11) is 0. The van der Waals surface area contributed by atoms with Crippen molar-refractivity contribution < 1.29 is 0 Å². The van der Waals surface area contributed by atoms with Crippen molar-refractivity contribution in [2.24, 2.45) is 0 Å². The van der Waals surface area contributed by atoms with Gasteiger partial charge in [0.15, 0.2) is 0 Å². The van der Waals surface area contributed by atoms with E-state index in [1.165, 1.54) is 66.0 Å². The van der Waals surface area contributed by atoms with Gasteiger partial charge in [0.25, 0.3) is 0 Å². The maximum absolute atomic E-state index is 2.41. The van der Waals surface area contributed by atoms with Gasteiger partial charge >= 0.3 is 0 Å². The van der Waals surface area contributed by atoms with E-state index in [4.69, 9.17) is 0 Å². The molecule has 54 heavy (non-hydrogen) atoms. The highest BCUT2D eigenvalue weighted by Gasteiger charge is 2.18. The minimum absolute atomic E-state index is 1.12. The maximum atomic E-state index is 2.41. The lowest BCUT2D eigenvalue weighted by Gasteiger charge is -2.27. The van der Waals surface area contributed by atoms with Gasteiger partial charge in [-0.1, -0.05) is 158 Å². The molecule has 0 atom stereocenters. The van der Waals surface area contributed by atoms with E-state index in [1.807, 2.05) is 0 Å². The number of rotatable bonds is 7. The quantitative estimate of drug-likeness (QED) is 0.162. The highest BCUT2D eigenvalue weighted by Crippen LogP contribution is 2.43. The average molecular weight is 689 g/mol. The van der Waals surface area contributed by atoms with Crippen molar-refractivity contribution in [2.45, 2.75) is 0 Å². The van der Waals surface area contributed by atoms with Gasteiger partial charge in [0, 0.05) is 33.2 Å².